The van der Waals surface area contributed by atoms with E-state index in [4.69, 9.17) is 4.74 Å². The second-order valence-electron chi connectivity index (χ2n) is 4.04. The minimum Gasteiger partial charge on any atom is -0.508 e. The third-order valence-electron chi connectivity index (χ3n) is 2.52. The Balaban J connectivity index is 2.51. The molecular weight excluding hydrogens is 315 g/mol. The van der Waals surface area contributed by atoms with Gasteiger partial charge in [0.15, 0.2) is 0 Å². The highest BCUT2D eigenvalue weighted by Crippen LogP contribution is 2.25. The van der Waals surface area contributed by atoms with Crippen molar-refractivity contribution >= 4 is 22.6 Å². The highest BCUT2D eigenvalue weighted by atomic mass is 127. The van der Waals surface area contributed by atoms with Gasteiger partial charge in [-0.05, 0) is 52.8 Å². The Kier molecular flexibility index (Phi) is 6.13. The molecule has 1 aromatic carbocycles. The van der Waals surface area contributed by atoms with E-state index in [1.54, 1.807) is 6.07 Å². The first-order chi connectivity index (χ1) is 7.65. The average molecular weight is 334 g/mol. The van der Waals surface area contributed by atoms with Crippen LogP contribution in [-0.4, -0.2) is 18.3 Å². The van der Waals surface area contributed by atoms with E-state index in [1.165, 1.54) is 3.57 Å². The summed E-state index contributed by atoms with van der Waals surface area (Å²) in [5.74, 6) is 0.659. The number of ether oxygens (including phenoxy) is 1. The maximum Gasteiger partial charge on any atom is 0.115 e. The van der Waals surface area contributed by atoms with Crippen LogP contribution in [0.25, 0.3) is 0 Å². The molecule has 0 heterocycles. The summed E-state index contributed by atoms with van der Waals surface area (Å²) in [6.45, 7) is 5.84. The summed E-state index contributed by atoms with van der Waals surface area (Å²) in [7, 11) is 0. The van der Waals surface area contributed by atoms with E-state index in [1.807, 2.05) is 12.1 Å². The molecule has 0 saturated heterocycles. The molecule has 1 N–H and O–H groups in total. The first kappa shape index (κ1) is 13.8. The molecule has 2 nitrogen and oxygen atoms in total. The van der Waals surface area contributed by atoms with Crippen LogP contribution >= 0.6 is 22.6 Å². The predicted octanol–water partition coefficient (Wildman–Crippen LogP) is 3.92. The quantitative estimate of drug-likeness (QED) is 0.631. The zero-order chi connectivity index (χ0) is 12.0. The van der Waals surface area contributed by atoms with Gasteiger partial charge in [0.05, 0.1) is 6.61 Å². The molecule has 0 aliphatic rings. The second kappa shape index (κ2) is 7.12. The summed E-state index contributed by atoms with van der Waals surface area (Å²) in [6.07, 6.45) is 2.28. The van der Waals surface area contributed by atoms with Gasteiger partial charge in [0.2, 0.25) is 0 Å². The first-order valence-electron chi connectivity index (χ1n) is 5.71. The number of hydrogen-bond donors (Lipinski definition) is 1. The van der Waals surface area contributed by atoms with Crippen LogP contribution in [0.15, 0.2) is 18.2 Å². The minimum absolute atomic E-state index is 0.329. The van der Waals surface area contributed by atoms with Crippen molar-refractivity contribution in [2.75, 3.05) is 13.2 Å². The number of phenols is 1. The number of hydrogen-bond acceptors (Lipinski definition) is 2. The van der Waals surface area contributed by atoms with Crippen LogP contribution in [0.4, 0.5) is 0 Å². The van der Waals surface area contributed by atoms with E-state index in [-0.39, 0.29) is 0 Å². The number of aromatic hydroxyl groups is 1. The highest BCUT2D eigenvalue weighted by molar-refractivity contribution is 14.1. The van der Waals surface area contributed by atoms with Gasteiger partial charge in [0, 0.05) is 16.1 Å². The summed E-state index contributed by atoms with van der Waals surface area (Å²) in [4.78, 5) is 0. The zero-order valence-electron chi connectivity index (χ0n) is 9.87. The molecule has 0 fully saturated rings. The van der Waals surface area contributed by atoms with E-state index in [9.17, 15) is 5.11 Å². The van der Waals surface area contributed by atoms with Crippen molar-refractivity contribution < 1.29 is 9.84 Å². The van der Waals surface area contributed by atoms with Gasteiger partial charge >= 0.3 is 0 Å². The number of rotatable bonds is 6. The lowest BCUT2D eigenvalue weighted by Crippen LogP contribution is -2.06. The van der Waals surface area contributed by atoms with Crippen LogP contribution in [0.1, 0.15) is 38.2 Å². The largest absolute Gasteiger partial charge is 0.508 e. The van der Waals surface area contributed by atoms with Gasteiger partial charge in [0.1, 0.15) is 5.75 Å². The van der Waals surface area contributed by atoms with Gasteiger partial charge in [-0.1, -0.05) is 20.3 Å². The topological polar surface area (TPSA) is 29.5 Å². The van der Waals surface area contributed by atoms with Gasteiger partial charge in [-0.15, -0.1) is 0 Å². The first-order valence-corrected chi connectivity index (χ1v) is 6.79. The third-order valence-corrected chi connectivity index (χ3v) is 3.50. The number of phenolic OH excluding ortho intramolecular Hbond substituents is 1. The molecule has 1 atom stereocenters. The molecule has 1 rings (SSSR count). The predicted molar refractivity (Wildman–Crippen MR) is 75.0 cm³/mol. The van der Waals surface area contributed by atoms with Crippen molar-refractivity contribution in [3.05, 3.63) is 27.3 Å². The zero-order valence-corrected chi connectivity index (χ0v) is 12.0. The van der Waals surface area contributed by atoms with Crippen molar-refractivity contribution in [2.45, 2.75) is 32.6 Å². The smallest absolute Gasteiger partial charge is 0.115 e. The lowest BCUT2D eigenvalue weighted by atomic mass is 10.0. The maximum absolute atomic E-state index is 9.45. The molecule has 0 aliphatic carbocycles. The van der Waals surface area contributed by atoms with Crippen LogP contribution in [0, 0.1) is 3.57 Å². The van der Waals surface area contributed by atoms with Crippen LogP contribution in [0.3, 0.4) is 0 Å². The Morgan fingerprint density at radius 2 is 2.19 bits per heavy atom. The summed E-state index contributed by atoms with van der Waals surface area (Å²) >= 11 is 2.29. The normalized spacial score (nSPS) is 12.7. The standard InChI is InChI=1S/C13H19IO2/c1-3-4-7-16-9-10(2)12-8-11(15)5-6-13(12)14/h5-6,8,10,15H,3-4,7,9H2,1-2H3. The molecule has 1 unspecified atom stereocenters. The lowest BCUT2D eigenvalue weighted by Gasteiger charge is -2.14. The van der Waals surface area contributed by atoms with Crippen molar-refractivity contribution in [1.82, 2.24) is 0 Å². The molecule has 16 heavy (non-hydrogen) atoms. The summed E-state index contributed by atoms with van der Waals surface area (Å²) in [5.41, 5.74) is 1.16. The molecule has 0 aromatic heterocycles. The van der Waals surface area contributed by atoms with E-state index < -0.39 is 0 Å². The Morgan fingerprint density at radius 3 is 2.88 bits per heavy atom. The van der Waals surface area contributed by atoms with E-state index in [0.29, 0.717) is 11.7 Å². The summed E-state index contributed by atoms with van der Waals surface area (Å²) in [6, 6.07) is 5.49. The molecule has 0 spiro atoms. The molecular formula is C13H19IO2. The monoisotopic (exact) mass is 334 g/mol. The van der Waals surface area contributed by atoms with Crippen molar-refractivity contribution in [1.29, 1.82) is 0 Å². The third kappa shape index (κ3) is 4.29. The molecule has 1 aromatic rings. The minimum atomic E-state index is 0.329. The van der Waals surface area contributed by atoms with Crippen LogP contribution < -0.4 is 0 Å². The molecule has 90 valence electrons. The van der Waals surface area contributed by atoms with Crippen LogP contribution in [0.5, 0.6) is 5.75 Å². The SMILES string of the molecule is CCCCOCC(C)c1cc(O)ccc1I. The van der Waals surface area contributed by atoms with Gasteiger partial charge in [-0.25, -0.2) is 0 Å². The fourth-order valence-electron chi connectivity index (χ4n) is 1.51. The Hall–Kier alpha value is -0.290. The Labute approximate surface area is 111 Å². The molecule has 0 radical (unpaired) electrons. The van der Waals surface area contributed by atoms with Gasteiger partial charge in [0.25, 0.3) is 0 Å². The van der Waals surface area contributed by atoms with E-state index in [0.717, 1.165) is 31.6 Å². The van der Waals surface area contributed by atoms with E-state index >= 15 is 0 Å². The highest BCUT2D eigenvalue weighted by Gasteiger charge is 2.10. The number of unbranched alkanes of at least 4 members (excludes halogenated alkanes) is 1. The van der Waals surface area contributed by atoms with Gasteiger partial charge < -0.3 is 9.84 Å². The maximum atomic E-state index is 9.45. The second-order valence-corrected chi connectivity index (χ2v) is 5.20. The fourth-order valence-corrected chi connectivity index (χ4v) is 2.37. The van der Waals surface area contributed by atoms with Gasteiger partial charge in [-0.2, -0.15) is 0 Å². The van der Waals surface area contributed by atoms with Crippen molar-refractivity contribution in [3.8, 4) is 5.75 Å². The number of halogens is 1. The van der Waals surface area contributed by atoms with Crippen LogP contribution in [-0.2, 0) is 4.74 Å². The Bertz CT molecular complexity index is 326. The van der Waals surface area contributed by atoms with Crippen molar-refractivity contribution in [3.63, 3.8) is 0 Å². The lowest BCUT2D eigenvalue weighted by molar-refractivity contribution is 0.120. The van der Waals surface area contributed by atoms with Crippen LogP contribution in [0.2, 0.25) is 0 Å². The molecule has 0 aliphatic heterocycles. The van der Waals surface area contributed by atoms with E-state index in [2.05, 4.69) is 36.4 Å². The molecule has 0 amide bonds. The van der Waals surface area contributed by atoms with Crippen molar-refractivity contribution in [2.24, 2.45) is 0 Å². The van der Waals surface area contributed by atoms with Gasteiger partial charge in [-0.3, -0.25) is 0 Å². The molecule has 0 saturated carbocycles. The molecule has 3 heteroatoms. The average Bonchev–Trinajstić information content (AvgIpc) is 2.27. The fraction of sp³-hybridized carbons (Fsp3) is 0.538. The number of benzene rings is 1. The Morgan fingerprint density at radius 1 is 1.44 bits per heavy atom. The summed E-state index contributed by atoms with van der Waals surface area (Å²) < 4.78 is 6.78. The summed E-state index contributed by atoms with van der Waals surface area (Å²) in [5, 5.41) is 9.45. The molecule has 0 bridgehead atoms.